The molecule has 0 bridgehead atoms. The number of fused-ring (bicyclic) bond motifs is 4. The van der Waals surface area contributed by atoms with Gasteiger partial charge in [-0.15, -0.1) is 4.33 Å². The van der Waals surface area contributed by atoms with E-state index in [0.717, 1.165) is 42.6 Å². The average molecular weight is 352 g/mol. The third-order valence-corrected chi connectivity index (χ3v) is 6.41. The minimum atomic E-state index is 0.0355. The maximum atomic E-state index is 8.45. The first kappa shape index (κ1) is 15.4. The zero-order valence-electron chi connectivity index (χ0n) is 13.0. The van der Waals surface area contributed by atoms with Crippen molar-refractivity contribution in [3.8, 4) is 0 Å². The van der Waals surface area contributed by atoms with E-state index >= 15 is 0 Å². The Hall–Kier alpha value is -1.12. The summed E-state index contributed by atoms with van der Waals surface area (Å²) in [7, 11) is 0. The molecule has 0 radical (unpaired) electrons. The van der Waals surface area contributed by atoms with Crippen LogP contribution in [-0.2, 0) is 22.2 Å². The van der Waals surface area contributed by atoms with Crippen molar-refractivity contribution in [2.75, 3.05) is 0 Å². The molecule has 0 spiro atoms. The number of aromatic nitrogens is 1. The largest absolute Gasteiger partial charge is 0.461 e. The molecule has 4 rings (SSSR count). The van der Waals surface area contributed by atoms with Crippen LogP contribution in [0.5, 0.6) is 0 Å². The summed E-state index contributed by atoms with van der Waals surface area (Å²) >= 11 is 2.86. The summed E-state index contributed by atoms with van der Waals surface area (Å²) in [5.74, 6) is 1.15. The van der Waals surface area contributed by atoms with Gasteiger partial charge in [0.05, 0.1) is 0 Å². The van der Waals surface area contributed by atoms with Crippen LogP contribution in [0, 0.1) is 6.92 Å². The Kier molecular flexibility index (Phi) is 4.07. The van der Waals surface area contributed by atoms with Gasteiger partial charge in [-0.1, -0.05) is 23.3 Å². The molecule has 2 aromatic heterocycles. The van der Waals surface area contributed by atoms with E-state index in [-0.39, 0.29) is 5.37 Å². The fourth-order valence-electron chi connectivity index (χ4n) is 3.48. The van der Waals surface area contributed by atoms with Gasteiger partial charge in [-0.25, -0.2) is 5.26 Å². The Bertz CT molecular complexity index is 870. The van der Waals surface area contributed by atoms with Crippen LogP contribution in [-0.4, -0.2) is 5.26 Å². The van der Waals surface area contributed by atoms with Crippen LogP contribution in [0.3, 0.4) is 0 Å². The number of aryl methyl sites for hydroxylation is 3. The molecule has 122 valence electrons. The molecular formula is C16H18NO4S2+. The summed E-state index contributed by atoms with van der Waals surface area (Å²) < 4.78 is 14.2. The van der Waals surface area contributed by atoms with Crippen LogP contribution in [0.2, 0.25) is 0 Å². The molecule has 1 aliphatic rings. The predicted molar refractivity (Wildman–Crippen MR) is 90.3 cm³/mol. The molecule has 1 atom stereocenters. The van der Waals surface area contributed by atoms with Gasteiger partial charge in [-0.3, -0.25) is 0 Å². The molecular weight excluding hydrogens is 334 g/mol. The van der Waals surface area contributed by atoms with Gasteiger partial charge < -0.3 is 4.42 Å². The number of hydrogen-bond acceptors (Lipinski definition) is 6. The van der Waals surface area contributed by atoms with E-state index in [1.54, 1.807) is 11.3 Å². The Labute approximate surface area is 141 Å². The van der Waals surface area contributed by atoms with Gasteiger partial charge in [0.2, 0.25) is 15.9 Å². The first-order valence-corrected chi connectivity index (χ1v) is 9.37. The van der Waals surface area contributed by atoms with Crippen molar-refractivity contribution < 1.29 is 23.6 Å². The van der Waals surface area contributed by atoms with Crippen molar-refractivity contribution in [1.82, 2.24) is 0 Å². The lowest BCUT2D eigenvalue weighted by molar-refractivity contribution is -0.677. The van der Waals surface area contributed by atoms with Gasteiger partial charge in [-0.2, -0.15) is 4.57 Å². The highest BCUT2D eigenvalue weighted by molar-refractivity contribution is 7.94. The molecule has 0 aliphatic heterocycles. The van der Waals surface area contributed by atoms with Gasteiger partial charge in [0.25, 0.3) is 0 Å². The summed E-state index contributed by atoms with van der Waals surface area (Å²) in [6.45, 7) is 4.18. The first-order chi connectivity index (χ1) is 11.2. The van der Waals surface area contributed by atoms with Gasteiger partial charge >= 0.3 is 0 Å². The van der Waals surface area contributed by atoms with Crippen LogP contribution >= 0.6 is 23.4 Å². The lowest BCUT2D eigenvalue weighted by Crippen LogP contribution is -2.38. The van der Waals surface area contributed by atoms with E-state index in [0.29, 0.717) is 0 Å². The zero-order valence-corrected chi connectivity index (χ0v) is 14.6. The molecule has 23 heavy (non-hydrogen) atoms. The predicted octanol–water partition coefficient (Wildman–Crippen LogP) is 4.71. The monoisotopic (exact) mass is 352 g/mol. The normalized spacial score (nSPS) is 15.6. The topological polar surface area (TPSA) is 55.7 Å². The Morgan fingerprint density at radius 1 is 1.43 bits per heavy atom. The molecule has 2 heterocycles. The lowest BCUT2D eigenvalue weighted by Gasteiger charge is -2.07. The molecule has 1 N–H and O–H groups in total. The fraction of sp³-hybridized carbons (Fsp3) is 0.438. The molecule has 1 aromatic carbocycles. The second-order valence-electron chi connectivity index (χ2n) is 5.77. The van der Waals surface area contributed by atoms with Crippen molar-refractivity contribution in [3.63, 3.8) is 0 Å². The summed E-state index contributed by atoms with van der Waals surface area (Å²) in [4.78, 5) is 0. The summed E-state index contributed by atoms with van der Waals surface area (Å²) in [5, 5.41) is 14.7. The minimum Gasteiger partial charge on any atom is -0.461 e. The molecule has 5 nitrogen and oxygen atoms in total. The maximum absolute atomic E-state index is 8.45. The molecule has 1 aliphatic carbocycles. The van der Waals surface area contributed by atoms with E-state index in [2.05, 4.69) is 35.6 Å². The number of nitrogens with zero attached hydrogens (tertiary/aromatic N) is 1. The second-order valence-corrected chi connectivity index (χ2v) is 7.87. The van der Waals surface area contributed by atoms with Crippen LogP contribution in [0.4, 0.5) is 0 Å². The highest BCUT2D eigenvalue weighted by atomic mass is 32.2. The van der Waals surface area contributed by atoms with Crippen molar-refractivity contribution in [3.05, 3.63) is 28.5 Å². The third kappa shape index (κ3) is 2.47. The summed E-state index contributed by atoms with van der Waals surface area (Å²) in [6.07, 6.45) is 4.18. The van der Waals surface area contributed by atoms with Crippen molar-refractivity contribution >= 4 is 44.6 Å². The number of benzene rings is 1. The summed E-state index contributed by atoms with van der Waals surface area (Å²) in [5.41, 5.74) is 3.54. The van der Waals surface area contributed by atoms with Gasteiger partial charge in [0, 0.05) is 42.8 Å². The van der Waals surface area contributed by atoms with Crippen molar-refractivity contribution in [2.45, 2.75) is 44.9 Å². The van der Waals surface area contributed by atoms with Crippen molar-refractivity contribution in [2.24, 2.45) is 0 Å². The molecule has 0 amide bonds. The van der Waals surface area contributed by atoms with E-state index in [9.17, 15) is 0 Å². The van der Waals surface area contributed by atoms with Crippen LogP contribution < -0.4 is 4.57 Å². The van der Waals surface area contributed by atoms with Crippen LogP contribution in [0.25, 0.3) is 21.2 Å². The van der Waals surface area contributed by atoms with E-state index in [4.69, 9.17) is 14.0 Å². The highest BCUT2D eigenvalue weighted by Gasteiger charge is 2.29. The molecule has 7 heteroatoms. The van der Waals surface area contributed by atoms with E-state index < -0.39 is 0 Å². The fourth-order valence-corrected chi connectivity index (χ4v) is 5.24. The van der Waals surface area contributed by atoms with Crippen LogP contribution in [0.1, 0.15) is 41.5 Å². The molecule has 1 unspecified atom stereocenters. The smallest absolute Gasteiger partial charge is 0.236 e. The third-order valence-electron chi connectivity index (χ3n) is 4.46. The standard InChI is InChI=1S/C16H17NO4S2/c1-3-16(23-21-20-18)17-9(2)22-15-8-14-11(7-12(15)17)10-5-4-6-13(10)19-14/h7-8,16H,3-6H2,1-2H3/p+1. The highest BCUT2D eigenvalue weighted by Crippen LogP contribution is 2.37. The minimum absolute atomic E-state index is 0.0355. The SMILES string of the molecule is CCC(SOOO)[n+]1c(C)sc2cc3oc4c(c3cc21)CCC4. The van der Waals surface area contributed by atoms with Crippen LogP contribution in [0.15, 0.2) is 16.5 Å². The second kappa shape index (κ2) is 6.07. The summed E-state index contributed by atoms with van der Waals surface area (Å²) in [6, 6.07) is 4.39. The number of thiazole rings is 1. The van der Waals surface area contributed by atoms with E-state index in [1.165, 1.54) is 32.6 Å². The molecule has 0 fully saturated rings. The maximum Gasteiger partial charge on any atom is 0.236 e. The number of furan rings is 1. The Morgan fingerprint density at radius 3 is 3.09 bits per heavy atom. The Morgan fingerprint density at radius 2 is 2.30 bits per heavy atom. The van der Waals surface area contributed by atoms with Gasteiger partial charge in [-0.05, 0) is 12.8 Å². The molecule has 0 saturated heterocycles. The number of rotatable bonds is 5. The van der Waals surface area contributed by atoms with E-state index in [1.807, 2.05) is 0 Å². The van der Waals surface area contributed by atoms with Crippen molar-refractivity contribution in [1.29, 1.82) is 0 Å². The molecule has 0 saturated carbocycles. The zero-order chi connectivity index (χ0) is 16.0. The Balaban J connectivity index is 1.89. The quantitative estimate of drug-likeness (QED) is 0.312. The van der Waals surface area contributed by atoms with Gasteiger partial charge in [0.15, 0.2) is 0 Å². The van der Waals surface area contributed by atoms with Gasteiger partial charge in [0.1, 0.15) is 28.1 Å². The average Bonchev–Trinajstić information content (AvgIpc) is 3.19. The lowest BCUT2D eigenvalue weighted by atomic mass is 10.1. The first-order valence-electron chi connectivity index (χ1n) is 7.75. The number of hydrogen-bond donors (Lipinski definition) is 1. The molecule has 3 aromatic rings.